The lowest BCUT2D eigenvalue weighted by Gasteiger charge is -2.33. The smallest absolute Gasteiger partial charge is 0.281 e. The predicted molar refractivity (Wildman–Crippen MR) is 79.3 cm³/mol. The standard InChI is InChI=1S/C13H29N3O2S/c1-4-8-14-12-13-6-10-16(11-7-13)19(17,18)15(3)9-5-2/h13-14H,4-12H2,1-3H3. The number of rotatable bonds is 8. The Balaban J connectivity index is 2.40. The number of piperidine rings is 1. The summed E-state index contributed by atoms with van der Waals surface area (Å²) in [5.74, 6) is 0.620. The largest absolute Gasteiger partial charge is 0.316 e. The molecule has 1 fully saturated rings. The normalized spacial score (nSPS) is 19.2. The Morgan fingerprint density at radius 3 is 2.37 bits per heavy atom. The minimum Gasteiger partial charge on any atom is -0.316 e. The van der Waals surface area contributed by atoms with E-state index in [1.807, 2.05) is 6.92 Å². The molecule has 0 aromatic carbocycles. The molecule has 1 saturated heterocycles. The maximum atomic E-state index is 12.3. The summed E-state index contributed by atoms with van der Waals surface area (Å²) in [5, 5.41) is 3.42. The van der Waals surface area contributed by atoms with Crippen molar-refractivity contribution >= 4 is 10.2 Å². The number of hydrogen-bond acceptors (Lipinski definition) is 3. The fourth-order valence-electron chi connectivity index (χ4n) is 2.45. The van der Waals surface area contributed by atoms with Gasteiger partial charge in [-0.15, -0.1) is 0 Å². The SMILES string of the molecule is CCCNCC1CCN(S(=O)(=O)N(C)CCC)CC1. The predicted octanol–water partition coefficient (Wildman–Crippen LogP) is 1.28. The van der Waals surface area contributed by atoms with Crippen LogP contribution in [-0.2, 0) is 10.2 Å². The van der Waals surface area contributed by atoms with Crippen LogP contribution in [0.5, 0.6) is 0 Å². The van der Waals surface area contributed by atoms with Gasteiger partial charge in [-0.05, 0) is 44.7 Å². The summed E-state index contributed by atoms with van der Waals surface area (Å²) >= 11 is 0. The first-order valence-electron chi connectivity index (χ1n) is 7.44. The van der Waals surface area contributed by atoms with Crippen molar-refractivity contribution in [2.24, 2.45) is 5.92 Å². The Morgan fingerprint density at radius 1 is 1.21 bits per heavy atom. The van der Waals surface area contributed by atoms with E-state index >= 15 is 0 Å². The van der Waals surface area contributed by atoms with Crippen LogP contribution in [0.4, 0.5) is 0 Å². The molecule has 6 heteroatoms. The molecule has 114 valence electrons. The maximum Gasteiger partial charge on any atom is 0.281 e. The minimum atomic E-state index is -3.23. The molecule has 0 aliphatic carbocycles. The van der Waals surface area contributed by atoms with Crippen molar-refractivity contribution < 1.29 is 8.42 Å². The van der Waals surface area contributed by atoms with Gasteiger partial charge in [0.05, 0.1) is 0 Å². The molecule has 1 heterocycles. The highest BCUT2D eigenvalue weighted by atomic mass is 32.2. The molecule has 0 radical (unpaired) electrons. The van der Waals surface area contributed by atoms with Crippen LogP contribution in [0.25, 0.3) is 0 Å². The quantitative estimate of drug-likeness (QED) is 0.686. The van der Waals surface area contributed by atoms with Gasteiger partial charge in [-0.3, -0.25) is 0 Å². The first kappa shape index (κ1) is 16.9. The molecule has 0 aromatic rings. The van der Waals surface area contributed by atoms with Crippen LogP contribution in [-0.4, -0.2) is 56.8 Å². The van der Waals surface area contributed by atoms with E-state index in [4.69, 9.17) is 0 Å². The van der Waals surface area contributed by atoms with Gasteiger partial charge in [0.15, 0.2) is 0 Å². The van der Waals surface area contributed by atoms with Gasteiger partial charge in [0.25, 0.3) is 10.2 Å². The van der Waals surface area contributed by atoms with Gasteiger partial charge in [0, 0.05) is 26.7 Å². The van der Waals surface area contributed by atoms with E-state index in [-0.39, 0.29) is 0 Å². The van der Waals surface area contributed by atoms with Crippen molar-refractivity contribution in [1.29, 1.82) is 0 Å². The van der Waals surface area contributed by atoms with Gasteiger partial charge in [0.2, 0.25) is 0 Å². The molecule has 1 aliphatic rings. The molecule has 0 saturated carbocycles. The fourth-order valence-corrected chi connectivity index (χ4v) is 3.93. The number of nitrogens with zero attached hydrogens (tertiary/aromatic N) is 2. The third kappa shape index (κ3) is 5.02. The van der Waals surface area contributed by atoms with Gasteiger partial charge in [0.1, 0.15) is 0 Å². The van der Waals surface area contributed by atoms with E-state index in [9.17, 15) is 8.42 Å². The Bertz CT molecular complexity index is 338. The van der Waals surface area contributed by atoms with Crippen molar-refractivity contribution in [2.45, 2.75) is 39.5 Å². The van der Waals surface area contributed by atoms with Crippen LogP contribution in [0.3, 0.4) is 0 Å². The van der Waals surface area contributed by atoms with Crippen LogP contribution in [0, 0.1) is 5.92 Å². The first-order chi connectivity index (χ1) is 9.02. The summed E-state index contributed by atoms with van der Waals surface area (Å²) in [6, 6.07) is 0. The monoisotopic (exact) mass is 291 g/mol. The van der Waals surface area contributed by atoms with Gasteiger partial charge in [-0.2, -0.15) is 17.0 Å². The van der Waals surface area contributed by atoms with Gasteiger partial charge < -0.3 is 5.32 Å². The van der Waals surface area contributed by atoms with E-state index in [0.717, 1.165) is 38.8 Å². The second-order valence-electron chi connectivity index (χ2n) is 5.38. The molecule has 0 spiro atoms. The lowest BCUT2D eigenvalue weighted by molar-refractivity contribution is 0.254. The molecule has 1 aliphatic heterocycles. The van der Waals surface area contributed by atoms with Crippen molar-refractivity contribution in [3.05, 3.63) is 0 Å². The summed E-state index contributed by atoms with van der Waals surface area (Å²) in [4.78, 5) is 0. The Hall–Kier alpha value is -0.170. The Kier molecular flexibility index (Phi) is 7.28. The highest BCUT2D eigenvalue weighted by Gasteiger charge is 2.30. The van der Waals surface area contributed by atoms with Crippen molar-refractivity contribution in [3.8, 4) is 0 Å². The van der Waals surface area contributed by atoms with Crippen molar-refractivity contribution in [3.63, 3.8) is 0 Å². The average molecular weight is 291 g/mol. The third-order valence-corrected chi connectivity index (χ3v) is 5.68. The summed E-state index contributed by atoms with van der Waals surface area (Å²) in [5.41, 5.74) is 0. The van der Waals surface area contributed by atoms with E-state index < -0.39 is 10.2 Å². The zero-order valence-electron chi connectivity index (χ0n) is 12.6. The van der Waals surface area contributed by atoms with Crippen LogP contribution in [0.15, 0.2) is 0 Å². The second kappa shape index (κ2) is 8.19. The second-order valence-corrected chi connectivity index (χ2v) is 7.41. The summed E-state index contributed by atoms with van der Waals surface area (Å²) < 4.78 is 27.7. The topological polar surface area (TPSA) is 52.7 Å². The number of hydrogen-bond donors (Lipinski definition) is 1. The molecule has 0 aromatic heterocycles. The molecule has 1 N–H and O–H groups in total. The lowest BCUT2D eigenvalue weighted by atomic mass is 9.98. The van der Waals surface area contributed by atoms with E-state index in [1.165, 1.54) is 4.31 Å². The number of nitrogens with one attached hydrogen (secondary N) is 1. The third-order valence-electron chi connectivity index (χ3n) is 3.69. The van der Waals surface area contributed by atoms with E-state index in [1.54, 1.807) is 11.4 Å². The average Bonchev–Trinajstić information content (AvgIpc) is 2.40. The maximum absolute atomic E-state index is 12.3. The minimum absolute atomic E-state index is 0.598. The molecular formula is C13H29N3O2S. The molecule has 0 bridgehead atoms. The van der Waals surface area contributed by atoms with E-state index in [2.05, 4.69) is 12.2 Å². The van der Waals surface area contributed by atoms with Crippen molar-refractivity contribution in [1.82, 2.24) is 13.9 Å². The summed E-state index contributed by atoms with van der Waals surface area (Å²) in [6.45, 7) is 8.15. The fraction of sp³-hybridized carbons (Fsp3) is 1.00. The molecule has 19 heavy (non-hydrogen) atoms. The molecule has 1 rings (SSSR count). The highest BCUT2D eigenvalue weighted by Crippen LogP contribution is 2.20. The van der Waals surface area contributed by atoms with Crippen molar-refractivity contribution in [2.75, 3.05) is 39.8 Å². The molecule has 0 atom stereocenters. The molecule has 5 nitrogen and oxygen atoms in total. The Labute approximate surface area is 118 Å². The van der Waals surface area contributed by atoms with Crippen LogP contribution in [0.1, 0.15) is 39.5 Å². The van der Waals surface area contributed by atoms with Crippen LogP contribution >= 0.6 is 0 Å². The first-order valence-corrected chi connectivity index (χ1v) is 8.84. The van der Waals surface area contributed by atoms with Gasteiger partial charge >= 0.3 is 0 Å². The van der Waals surface area contributed by atoms with Crippen LogP contribution in [0.2, 0.25) is 0 Å². The summed E-state index contributed by atoms with van der Waals surface area (Å²) in [6.07, 6.45) is 3.94. The molecular weight excluding hydrogens is 262 g/mol. The van der Waals surface area contributed by atoms with Crippen LogP contribution < -0.4 is 5.32 Å². The zero-order chi connectivity index (χ0) is 14.3. The zero-order valence-corrected chi connectivity index (χ0v) is 13.4. The lowest BCUT2D eigenvalue weighted by Crippen LogP contribution is -2.46. The summed E-state index contributed by atoms with van der Waals surface area (Å²) in [7, 11) is -1.55. The molecule has 0 amide bonds. The Morgan fingerprint density at radius 2 is 1.84 bits per heavy atom. The van der Waals surface area contributed by atoms with E-state index in [0.29, 0.717) is 25.6 Å². The van der Waals surface area contributed by atoms with Gasteiger partial charge in [-0.1, -0.05) is 13.8 Å². The van der Waals surface area contributed by atoms with Gasteiger partial charge in [-0.25, -0.2) is 0 Å². The highest BCUT2D eigenvalue weighted by molar-refractivity contribution is 7.86. The molecule has 0 unspecified atom stereocenters.